The van der Waals surface area contributed by atoms with Crippen LogP contribution in [0.4, 0.5) is 0 Å². The minimum Gasteiger partial charge on any atom is -0.294 e. The van der Waals surface area contributed by atoms with Crippen molar-refractivity contribution in [3.8, 4) is 10.7 Å². The second-order valence-corrected chi connectivity index (χ2v) is 7.28. The number of rotatable bonds is 2. The molecule has 0 bridgehead atoms. The van der Waals surface area contributed by atoms with Crippen LogP contribution < -0.4 is 0 Å². The maximum Gasteiger partial charge on any atom is 0.169 e. The number of ketones is 1. The standard InChI is InChI=1S/C16H18N2OS/c1-4-10-5-6-14(20-10)15-17-9-11-12(18-15)7-16(2,3)8-13(11)19/h5-6,9H,4,7-8H2,1-3H3. The van der Waals surface area contributed by atoms with Gasteiger partial charge in [0.05, 0.1) is 16.1 Å². The second kappa shape index (κ2) is 4.77. The lowest BCUT2D eigenvalue weighted by atomic mass is 9.76. The number of thiophene rings is 1. The molecule has 1 aliphatic carbocycles. The lowest BCUT2D eigenvalue weighted by Crippen LogP contribution is -2.28. The van der Waals surface area contributed by atoms with Gasteiger partial charge in [-0.3, -0.25) is 4.79 Å². The molecule has 2 aromatic heterocycles. The van der Waals surface area contributed by atoms with Crippen LogP contribution in [0, 0.1) is 5.41 Å². The van der Waals surface area contributed by atoms with E-state index in [0.717, 1.165) is 29.2 Å². The number of Topliss-reactive ketones (excluding diaryl/α,β-unsaturated/α-hetero) is 1. The average Bonchev–Trinajstić information content (AvgIpc) is 2.85. The molecule has 0 amide bonds. The fourth-order valence-corrected chi connectivity index (χ4v) is 3.53. The number of aryl methyl sites for hydroxylation is 1. The highest BCUT2D eigenvalue weighted by Gasteiger charge is 2.32. The smallest absolute Gasteiger partial charge is 0.169 e. The predicted octanol–water partition coefficient (Wildman–Crippen LogP) is 3.92. The minimum atomic E-state index is -0.000263. The third kappa shape index (κ3) is 2.40. The average molecular weight is 286 g/mol. The van der Waals surface area contributed by atoms with E-state index in [1.165, 1.54) is 4.88 Å². The summed E-state index contributed by atoms with van der Waals surface area (Å²) in [6.45, 7) is 6.39. The molecule has 0 atom stereocenters. The van der Waals surface area contributed by atoms with Crippen molar-refractivity contribution >= 4 is 17.1 Å². The Morgan fingerprint density at radius 2 is 2.10 bits per heavy atom. The monoisotopic (exact) mass is 286 g/mol. The van der Waals surface area contributed by atoms with Gasteiger partial charge in [-0.1, -0.05) is 20.8 Å². The highest BCUT2D eigenvalue weighted by Crippen LogP contribution is 2.35. The van der Waals surface area contributed by atoms with Gasteiger partial charge in [0.15, 0.2) is 11.6 Å². The first-order chi connectivity index (χ1) is 9.48. The first kappa shape index (κ1) is 13.4. The molecule has 1 aliphatic rings. The maximum atomic E-state index is 12.1. The molecule has 0 unspecified atom stereocenters. The lowest BCUT2D eigenvalue weighted by Gasteiger charge is -2.29. The van der Waals surface area contributed by atoms with Gasteiger partial charge in [0.2, 0.25) is 0 Å². The molecule has 4 heteroatoms. The third-order valence-electron chi connectivity index (χ3n) is 3.68. The molecule has 3 rings (SSSR count). The van der Waals surface area contributed by atoms with E-state index in [2.05, 4.69) is 42.9 Å². The maximum absolute atomic E-state index is 12.1. The summed E-state index contributed by atoms with van der Waals surface area (Å²) < 4.78 is 0. The molecule has 3 nitrogen and oxygen atoms in total. The SMILES string of the molecule is CCc1ccc(-c2ncc3c(n2)CC(C)(C)CC3=O)s1. The van der Waals surface area contributed by atoms with Crippen LogP contribution in [-0.4, -0.2) is 15.8 Å². The van der Waals surface area contributed by atoms with Crippen molar-refractivity contribution < 1.29 is 4.79 Å². The molecule has 0 radical (unpaired) electrons. The summed E-state index contributed by atoms with van der Waals surface area (Å²) in [6, 6.07) is 4.19. The van der Waals surface area contributed by atoms with Crippen molar-refractivity contribution in [1.82, 2.24) is 9.97 Å². The number of carbonyl (C=O) groups excluding carboxylic acids is 1. The number of aromatic nitrogens is 2. The van der Waals surface area contributed by atoms with Gasteiger partial charge < -0.3 is 0 Å². The number of carbonyl (C=O) groups is 1. The van der Waals surface area contributed by atoms with Gasteiger partial charge in [0, 0.05) is 17.5 Å². The molecule has 2 heterocycles. The zero-order valence-electron chi connectivity index (χ0n) is 12.1. The topological polar surface area (TPSA) is 42.9 Å². The van der Waals surface area contributed by atoms with Crippen molar-refractivity contribution in [1.29, 1.82) is 0 Å². The van der Waals surface area contributed by atoms with Crippen LogP contribution in [0.1, 0.15) is 48.1 Å². The van der Waals surface area contributed by atoms with Crippen molar-refractivity contribution in [3.63, 3.8) is 0 Å². The number of fused-ring (bicyclic) bond motifs is 1. The first-order valence-electron chi connectivity index (χ1n) is 6.97. The van der Waals surface area contributed by atoms with Crippen molar-refractivity contribution in [2.45, 2.75) is 40.0 Å². The van der Waals surface area contributed by atoms with E-state index >= 15 is 0 Å². The fourth-order valence-electron chi connectivity index (χ4n) is 2.64. The highest BCUT2D eigenvalue weighted by atomic mass is 32.1. The zero-order valence-corrected chi connectivity index (χ0v) is 12.9. The summed E-state index contributed by atoms with van der Waals surface area (Å²) in [7, 11) is 0. The molecule has 0 spiro atoms. The van der Waals surface area contributed by atoms with Crippen LogP contribution in [-0.2, 0) is 12.8 Å². The quantitative estimate of drug-likeness (QED) is 0.840. The Balaban J connectivity index is 2.02. The molecular formula is C16H18N2OS. The van der Waals surface area contributed by atoms with Crippen molar-refractivity contribution in [2.24, 2.45) is 5.41 Å². The number of nitrogens with zero attached hydrogens (tertiary/aromatic N) is 2. The Morgan fingerprint density at radius 3 is 2.80 bits per heavy atom. The van der Waals surface area contributed by atoms with Crippen molar-refractivity contribution in [2.75, 3.05) is 0 Å². The van der Waals surface area contributed by atoms with Crippen LogP contribution in [0.5, 0.6) is 0 Å². The van der Waals surface area contributed by atoms with E-state index in [1.54, 1.807) is 17.5 Å². The van der Waals surface area contributed by atoms with E-state index in [9.17, 15) is 4.79 Å². The van der Waals surface area contributed by atoms with Gasteiger partial charge in [-0.2, -0.15) is 0 Å². The number of hydrogen-bond donors (Lipinski definition) is 0. The van der Waals surface area contributed by atoms with Crippen LogP contribution in [0.3, 0.4) is 0 Å². The molecule has 0 N–H and O–H groups in total. The number of hydrogen-bond acceptors (Lipinski definition) is 4. The van der Waals surface area contributed by atoms with E-state index in [1.807, 2.05) is 0 Å². The molecule has 0 aliphatic heterocycles. The summed E-state index contributed by atoms with van der Waals surface area (Å²) in [5.74, 6) is 0.919. The molecule has 0 saturated heterocycles. The van der Waals surface area contributed by atoms with Crippen LogP contribution in [0.2, 0.25) is 0 Å². The van der Waals surface area contributed by atoms with E-state index in [-0.39, 0.29) is 11.2 Å². The van der Waals surface area contributed by atoms with E-state index in [0.29, 0.717) is 12.0 Å². The Labute approximate surface area is 123 Å². The first-order valence-corrected chi connectivity index (χ1v) is 7.78. The summed E-state index contributed by atoms with van der Waals surface area (Å²) in [5.41, 5.74) is 1.61. The third-order valence-corrected chi connectivity index (χ3v) is 4.91. The van der Waals surface area contributed by atoms with Gasteiger partial charge in [-0.15, -0.1) is 11.3 Å². The van der Waals surface area contributed by atoms with Gasteiger partial charge >= 0.3 is 0 Å². The predicted molar refractivity (Wildman–Crippen MR) is 81.2 cm³/mol. The zero-order chi connectivity index (χ0) is 14.3. The fraction of sp³-hybridized carbons (Fsp3) is 0.438. The molecule has 2 aromatic rings. The molecule has 0 saturated carbocycles. The summed E-state index contributed by atoms with van der Waals surface area (Å²) in [4.78, 5) is 23.6. The molecule has 104 valence electrons. The van der Waals surface area contributed by atoms with Crippen molar-refractivity contribution in [3.05, 3.63) is 34.5 Å². The minimum absolute atomic E-state index is 0.000263. The Kier molecular flexibility index (Phi) is 3.21. The normalized spacial score (nSPS) is 17.1. The molecule has 20 heavy (non-hydrogen) atoms. The largest absolute Gasteiger partial charge is 0.294 e. The van der Waals surface area contributed by atoms with Crippen LogP contribution >= 0.6 is 11.3 Å². The van der Waals surface area contributed by atoms with E-state index in [4.69, 9.17) is 0 Å². The highest BCUT2D eigenvalue weighted by molar-refractivity contribution is 7.15. The van der Waals surface area contributed by atoms with E-state index < -0.39 is 0 Å². The van der Waals surface area contributed by atoms with Gasteiger partial charge in [0.1, 0.15) is 0 Å². The van der Waals surface area contributed by atoms with Gasteiger partial charge in [-0.25, -0.2) is 9.97 Å². The van der Waals surface area contributed by atoms with Crippen LogP contribution in [0.25, 0.3) is 10.7 Å². The molecule has 0 fully saturated rings. The second-order valence-electron chi connectivity index (χ2n) is 6.11. The summed E-state index contributed by atoms with van der Waals surface area (Å²) in [6.07, 6.45) is 4.17. The Morgan fingerprint density at radius 1 is 1.30 bits per heavy atom. The molecular weight excluding hydrogens is 268 g/mol. The van der Waals surface area contributed by atoms with Crippen LogP contribution in [0.15, 0.2) is 18.3 Å². The lowest BCUT2D eigenvalue weighted by molar-refractivity contribution is 0.0910. The Hall–Kier alpha value is -1.55. The molecule has 0 aromatic carbocycles. The van der Waals surface area contributed by atoms with Gasteiger partial charge in [0.25, 0.3) is 0 Å². The summed E-state index contributed by atoms with van der Waals surface area (Å²) >= 11 is 1.73. The Bertz CT molecular complexity index is 673. The van der Waals surface area contributed by atoms with Gasteiger partial charge in [-0.05, 0) is 30.4 Å². The summed E-state index contributed by atoms with van der Waals surface area (Å²) in [5, 5.41) is 0.